The molecule has 0 atom stereocenters. The highest BCUT2D eigenvalue weighted by atomic mass is 79.9. The van der Waals surface area contributed by atoms with Gasteiger partial charge in [0.25, 0.3) is 0 Å². The molecule has 2 N–H and O–H groups in total. The van der Waals surface area contributed by atoms with Gasteiger partial charge in [-0.2, -0.15) is 0 Å². The van der Waals surface area contributed by atoms with Crippen LogP contribution >= 0.6 is 27.3 Å². The number of nitrogens with two attached hydrogens (primary N) is 1. The van der Waals surface area contributed by atoms with Crippen molar-refractivity contribution >= 4 is 33.1 Å². The molecule has 0 saturated carbocycles. The molecule has 0 fully saturated rings. The minimum Gasteiger partial charge on any atom is -0.355 e. The number of halogens is 1. The summed E-state index contributed by atoms with van der Waals surface area (Å²) >= 11 is 5.21. The zero-order valence-corrected chi connectivity index (χ0v) is 14.5. The van der Waals surface area contributed by atoms with Crippen LogP contribution in [0.5, 0.6) is 0 Å². The Morgan fingerprint density at radius 3 is 2.60 bits per heavy atom. The standard InChI is InChI=1S/C15H20BrN3S/c1-10(2)13-4-11(7-17)6-15(18-13)19(3)8-12-5-14(16)20-9-12/h4-6,9-10H,7-8,17H2,1-3H3. The van der Waals surface area contributed by atoms with Crippen molar-refractivity contribution in [2.24, 2.45) is 5.73 Å². The fourth-order valence-corrected chi connectivity index (χ4v) is 3.19. The molecule has 108 valence electrons. The molecule has 3 nitrogen and oxygen atoms in total. The second-order valence-corrected chi connectivity index (χ2v) is 7.52. The molecule has 0 aliphatic carbocycles. The molecule has 0 bridgehead atoms. The van der Waals surface area contributed by atoms with E-state index in [4.69, 9.17) is 10.7 Å². The van der Waals surface area contributed by atoms with Crippen LogP contribution in [-0.2, 0) is 13.1 Å². The van der Waals surface area contributed by atoms with Gasteiger partial charge in [-0.25, -0.2) is 4.98 Å². The highest BCUT2D eigenvalue weighted by Crippen LogP contribution is 2.24. The Balaban J connectivity index is 2.24. The van der Waals surface area contributed by atoms with Gasteiger partial charge in [0, 0.05) is 25.8 Å². The average molecular weight is 354 g/mol. The van der Waals surface area contributed by atoms with Gasteiger partial charge in [0.2, 0.25) is 0 Å². The lowest BCUT2D eigenvalue weighted by atomic mass is 10.1. The monoisotopic (exact) mass is 353 g/mol. The molecule has 0 aliphatic rings. The maximum Gasteiger partial charge on any atom is 0.129 e. The number of nitrogens with zero attached hydrogens (tertiary/aromatic N) is 2. The molecule has 2 aromatic rings. The fourth-order valence-electron chi connectivity index (χ4n) is 1.99. The van der Waals surface area contributed by atoms with Crippen molar-refractivity contribution in [1.29, 1.82) is 0 Å². The van der Waals surface area contributed by atoms with Crippen molar-refractivity contribution in [1.82, 2.24) is 4.98 Å². The third kappa shape index (κ3) is 3.81. The first-order chi connectivity index (χ1) is 9.49. The Kier molecular flexibility index (Phi) is 5.18. The first kappa shape index (κ1) is 15.5. The Labute approximate surface area is 133 Å². The minimum absolute atomic E-state index is 0.406. The van der Waals surface area contributed by atoms with Crippen molar-refractivity contribution in [3.05, 3.63) is 44.2 Å². The van der Waals surface area contributed by atoms with Gasteiger partial charge in [-0.1, -0.05) is 13.8 Å². The van der Waals surface area contributed by atoms with Crippen LogP contribution in [0.15, 0.2) is 27.4 Å². The van der Waals surface area contributed by atoms with Gasteiger partial charge in [-0.05, 0) is 56.6 Å². The van der Waals surface area contributed by atoms with Gasteiger partial charge >= 0.3 is 0 Å². The second kappa shape index (κ2) is 6.70. The number of thiophene rings is 1. The first-order valence-electron chi connectivity index (χ1n) is 6.64. The van der Waals surface area contributed by atoms with Crippen LogP contribution in [0, 0.1) is 0 Å². The molecular weight excluding hydrogens is 334 g/mol. The van der Waals surface area contributed by atoms with E-state index in [2.05, 4.69) is 65.3 Å². The van der Waals surface area contributed by atoms with Crippen LogP contribution in [0.25, 0.3) is 0 Å². The van der Waals surface area contributed by atoms with Crippen molar-refractivity contribution in [2.75, 3.05) is 11.9 Å². The highest BCUT2D eigenvalue weighted by Gasteiger charge is 2.10. The lowest BCUT2D eigenvalue weighted by molar-refractivity contribution is 0.800. The Hall–Kier alpha value is -0.910. The summed E-state index contributed by atoms with van der Waals surface area (Å²) in [6.45, 7) is 5.71. The van der Waals surface area contributed by atoms with Gasteiger partial charge in [0.1, 0.15) is 5.82 Å². The lowest BCUT2D eigenvalue weighted by Gasteiger charge is -2.20. The molecule has 2 aromatic heterocycles. The van der Waals surface area contributed by atoms with Crippen LogP contribution in [0.2, 0.25) is 0 Å². The maximum atomic E-state index is 5.79. The molecule has 0 unspecified atom stereocenters. The summed E-state index contributed by atoms with van der Waals surface area (Å²) in [4.78, 5) is 6.91. The Morgan fingerprint density at radius 1 is 1.30 bits per heavy atom. The van der Waals surface area contributed by atoms with E-state index < -0.39 is 0 Å². The second-order valence-electron chi connectivity index (χ2n) is 5.23. The van der Waals surface area contributed by atoms with Gasteiger partial charge in [-0.15, -0.1) is 11.3 Å². The van der Waals surface area contributed by atoms with E-state index in [0.717, 1.165) is 27.4 Å². The van der Waals surface area contributed by atoms with Gasteiger partial charge in [0.15, 0.2) is 0 Å². The maximum absolute atomic E-state index is 5.79. The SMILES string of the molecule is CC(C)c1cc(CN)cc(N(C)Cc2csc(Br)c2)n1. The zero-order chi connectivity index (χ0) is 14.7. The number of hydrogen-bond acceptors (Lipinski definition) is 4. The topological polar surface area (TPSA) is 42.1 Å². The summed E-state index contributed by atoms with van der Waals surface area (Å²) in [6.07, 6.45) is 0. The quantitative estimate of drug-likeness (QED) is 0.878. The van der Waals surface area contributed by atoms with E-state index in [9.17, 15) is 0 Å². The van der Waals surface area contributed by atoms with Gasteiger partial charge < -0.3 is 10.6 Å². The number of rotatable bonds is 5. The van der Waals surface area contributed by atoms with Crippen LogP contribution in [0.4, 0.5) is 5.82 Å². The van der Waals surface area contributed by atoms with E-state index in [-0.39, 0.29) is 0 Å². The first-order valence-corrected chi connectivity index (χ1v) is 8.32. The molecule has 0 aliphatic heterocycles. The molecule has 5 heteroatoms. The van der Waals surface area contributed by atoms with E-state index in [1.165, 1.54) is 5.56 Å². The van der Waals surface area contributed by atoms with E-state index >= 15 is 0 Å². The molecule has 0 spiro atoms. The van der Waals surface area contributed by atoms with Crippen LogP contribution < -0.4 is 10.6 Å². The lowest BCUT2D eigenvalue weighted by Crippen LogP contribution is -2.18. The molecule has 2 rings (SSSR count). The minimum atomic E-state index is 0.406. The third-order valence-corrected chi connectivity index (χ3v) is 4.70. The highest BCUT2D eigenvalue weighted by molar-refractivity contribution is 9.11. The van der Waals surface area contributed by atoms with E-state index in [1.807, 2.05) is 0 Å². The van der Waals surface area contributed by atoms with Crippen LogP contribution in [0.1, 0.15) is 36.6 Å². The molecule has 0 amide bonds. The van der Waals surface area contributed by atoms with Crippen molar-refractivity contribution in [3.8, 4) is 0 Å². The van der Waals surface area contributed by atoms with Crippen LogP contribution in [0.3, 0.4) is 0 Å². The zero-order valence-electron chi connectivity index (χ0n) is 12.1. The fraction of sp³-hybridized carbons (Fsp3) is 0.400. The molecular formula is C15H20BrN3S. The number of anilines is 1. The molecule has 0 radical (unpaired) electrons. The molecule has 0 saturated heterocycles. The largest absolute Gasteiger partial charge is 0.355 e. The summed E-state index contributed by atoms with van der Waals surface area (Å²) < 4.78 is 1.16. The summed E-state index contributed by atoms with van der Waals surface area (Å²) in [5.41, 5.74) is 9.31. The molecule has 20 heavy (non-hydrogen) atoms. The number of pyridine rings is 1. The summed E-state index contributed by atoms with van der Waals surface area (Å²) in [5, 5.41) is 2.16. The predicted molar refractivity (Wildman–Crippen MR) is 90.3 cm³/mol. The molecule has 0 aromatic carbocycles. The Bertz CT molecular complexity index is 580. The average Bonchev–Trinajstić information content (AvgIpc) is 2.83. The summed E-state index contributed by atoms with van der Waals surface area (Å²) in [7, 11) is 2.07. The van der Waals surface area contributed by atoms with E-state index in [0.29, 0.717) is 12.5 Å². The Morgan fingerprint density at radius 2 is 2.05 bits per heavy atom. The van der Waals surface area contributed by atoms with Gasteiger partial charge in [0.05, 0.1) is 3.79 Å². The third-order valence-electron chi connectivity index (χ3n) is 3.15. The van der Waals surface area contributed by atoms with Crippen molar-refractivity contribution in [2.45, 2.75) is 32.9 Å². The van der Waals surface area contributed by atoms with Crippen LogP contribution in [-0.4, -0.2) is 12.0 Å². The van der Waals surface area contributed by atoms with Gasteiger partial charge in [-0.3, -0.25) is 0 Å². The van der Waals surface area contributed by atoms with Crippen molar-refractivity contribution < 1.29 is 0 Å². The summed E-state index contributed by atoms with van der Waals surface area (Å²) in [5.74, 6) is 1.39. The van der Waals surface area contributed by atoms with E-state index in [1.54, 1.807) is 11.3 Å². The smallest absolute Gasteiger partial charge is 0.129 e. The predicted octanol–water partition coefficient (Wildman–Crippen LogP) is 4.12. The van der Waals surface area contributed by atoms with Crippen molar-refractivity contribution in [3.63, 3.8) is 0 Å². The number of hydrogen-bond donors (Lipinski definition) is 1. The summed E-state index contributed by atoms with van der Waals surface area (Å²) in [6, 6.07) is 6.33. The molecule has 2 heterocycles. The normalized spacial score (nSPS) is 11.1. The number of aromatic nitrogens is 1.